The maximum atomic E-state index is 12.7. The number of hydrogen-bond donors (Lipinski definition) is 0. The van der Waals surface area contributed by atoms with Crippen LogP contribution in [0.3, 0.4) is 0 Å². The average molecular weight is 425 g/mol. The summed E-state index contributed by atoms with van der Waals surface area (Å²) in [7, 11) is 1.50. The second-order valence-corrected chi connectivity index (χ2v) is 7.48. The zero-order valence-corrected chi connectivity index (χ0v) is 18.4. The fourth-order valence-electron chi connectivity index (χ4n) is 3.32. The van der Waals surface area contributed by atoms with Crippen molar-refractivity contribution in [2.75, 3.05) is 13.7 Å². The zero-order chi connectivity index (χ0) is 22.5. The Morgan fingerprint density at radius 2 is 1.87 bits per heavy atom. The SMILES string of the molecule is COc1cc(C(=O)OCC(=O)c2cc(C)n(Cc3ccco3)c2C)ccc1OC(C)C. The highest BCUT2D eigenvalue weighted by atomic mass is 16.5. The minimum Gasteiger partial charge on any atom is -0.493 e. The van der Waals surface area contributed by atoms with Crippen molar-refractivity contribution in [3.63, 3.8) is 0 Å². The van der Waals surface area contributed by atoms with Crippen LogP contribution in [-0.4, -0.2) is 36.1 Å². The van der Waals surface area contributed by atoms with E-state index in [-0.39, 0.29) is 24.1 Å². The van der Waals surface area contributed by atoms with E-state index >= 15 is 0 Å². The molecule has 0 aliphatic heterocycles. The van der Waals surface area contributed by atoms with E-state index in [1.54, 1.807) is 30.5 Å². The van der Waals surface area contributed by atoms with Crippen molar-refractivity contribution >= 4 is 11.8 Å². The smallest absolute Gasteiger partial charge is 0.338 e. The minimum atomic E-state index is -0.604. The van der Waals surface area contributed by atoms with Gasteiger partial charge in [0.15, 0.2) is 18.1 Å². The lowest BCUT2D eigenvalue weighted by Crippen LogP contribution is -2.15. The van der Waals surface area contributed by atoms with Crippen molar-refractivity contribution in [1.82, 2.24) is 4.57 Å². The van der Waals surface area contributed by atoms with E-state index in [9.17, 15) is 9.59 Å². The lowest BCUT2D eigenvalue weighted by atomic mass is 10.1. The molecule has 0 fully saturated rings. The maximum Gasteiger partial charge on any atom is 0.338 e. The number of esters is 1. The van der Waals surface area contributed by atoms with Gasteiger partial charge in [0.2, 0.25) is 5.78 Å². The molecule has 0 N–H and O–H groups in total. The third-order valence-corrected chi connectivity index (χ3v) is 4.86. The number of aryl methyl sites for hydroxylation is 1. The maximum absolute atomic E-state index is 12.7. The molecule has 0 spiro atoms. The van der Waals surface area contributed by atoms with Crippen molar-refractivity contribution in [2.24, 2.45) is 0 Å². The number of Topliss-reactive ketones (excluding diaryl/α,β-unsaturated/α-hetero) is 1. The van der Waals surface area contributed by atoms with Crippen LogP contribution in [0.5, 0.6) is 11.5 Å². The van der Waals surface area contributed by atoms with Crippen molar-refractivity contribution in [3.05, 3.63) is 70.9 Å². The highest BCUT2D eigenvalue weighted by Crippen LogP contribution is 2.29. The van der Waals surface area contributed by atoms with Crippen molar-refractivity contribution in [2.45, 2.75) is 40.3 Å². The molecule has 0 aliphatic carbocycles. The molecule has 31 heavy (non-hydrogen) atoms. The van der Waals surface area contributed by atoms with Gasteiger partial charge in [-0.1, -0.05) is 0 Å². The summed E-state index contributed by atoms with van der Waals surface area (Å²) in [6.07, 6.45) is 1.59. The van der Waals surface area contributed by atoms with E-state index in [2.05, 4.69) is 0 Å². The van der Waals surface area contributed by atoms with Crippen molar-refractivity contribution in [1.29, 1.82) is 0 Å². The van der Waals surface area contributed by atoms with Gasteiger partial charge in [-0.15, -0.1) is 0 Å². The molecule has 7 heteroatoms. The number of benzene rings is 1. The molecule has 0 bridgehead atoms. The molecular formula is C24H27NO6. The number of furan rings is 1. The average Bonchev–Trinajstić information content (AvgIpc) is 3.35. The fourth-order valence-corrected chi connectivity index (χ4v) is 3.32. The van der Waals surface area contributed by atoms with Gasteiger partial charge in [-0.05, 0) is 64.1 Å². The number of ketones is 1. The summed E-state index contributed by atoms with van der Waals surface area (Å²) >= 11 is 0. The zero-order valence-electron chi connectivity index (χ0n) is 18.4. The standard InChI is InChI=1S/C24H27NO6/c1-15(2)31-22-9-8-18(12-23(22)28-5)24(27)30-14-21(26)20-11-16(3)25(17(20)4)13-19-7-6-10-29-19/h6-12,15H,13-14H2,1-5H3. The van der Waals surface area contributed by atoms with Gasteiger partial charge < -0.3 is 23.2 Å². The van der Waals surface area contributed by atoms with E-state index in [4.69, 9.17) is 18.6 Å². The summed E-state index contributed by atoms with van der Waals surface area (Å²) in [5.74, 6) is 0.891. The van der Waals surface area contributed by atoms with Crippen LogP contribution in [0.4, 0.5) is 0 Å². The fraction of sp³-hybridized carbons (Fsp3) is 0.333. The molecule has 0 amide bonds. The van der Waals surface area contributed by atoms with Crippen LogP contribution in [0.15, 0.2) is 47.1 Å². The minimum absolute atomic E-state index is 0.0314. The Hall–Kier alpha value is -3.48. The molecule has 0 saturated heterocycles. The van der Waals surface area contributed by atoms with Crippen molar-refractivity contribution < 1.29 is 28.2 Å². The van der Waals surface area contributed by atoms with Crippen LogP contribution in [0.2, 0.25) is 0 Å². The largest absolute Gasteiger partial charge is 0.493 e. The number of methoxy groups -OCH3 is 1. The Balaban J connectivity index is 1.67. The summed E-state index contributed by atoms with van der Waals surface area (Å²) in [5, 5.41) is 0. The van der Waals surface area contributed by atoms with E-state index in [0.29, 0.717) is 23.6 Å². The predicted molar refractivity (Wildman–Crippen MR) is 115 cm³/mol. The van der Waals surface area contributed by atoms with E-state index in [1.165, 1.54) is 7.11 Å². The summed E-state index contributed by atoms with van der Waals surface area (Å²) in [6.45, 7) is 7.77. The molecular weight excluding hydrogens is 398 g/mol. The summed E-state index contributed by atoms with van der Waals surface area (Å²) in [5.41, 5.74) is 2.53. The molecule has 3 rings (SSSR count). The summed E-state index contributed by atoms with van der Waals surface area (Å²) < 4.78 is 23.6. The van der Waals surface area contributed by atoms with E-state index in [1.807, 2.05) is 44.4 Å². The molecule has 0 radical (unpaired) electrons. The molecule has 164 valence electrons. The van der Waals surface area contributed by atoms with Crippen LogP contribution in [0.1, 0.15) is 51.7 Å². The third-order valence-electron chi connectivity index (χ3n) is 4.86. The number of ether oxygens (including phenoxy) is 3. The molecule has 0 atom stereocenters. The number of rotatable bonds is 9. The topological polar surface area (TPSA) is 79.9 Å². The molecule has 7 nitrogen and oxygen atoms in total. The molecule has 2 aromatic heterocycles. The van der Waals surface area contributed by atoms with Gasteiger partial charge in [-0.2, -0.15) is 0 Å². The van der Waals surface area contributed by atoms with E-state index in [0.717, 1.165) is 17.1 Å². The molecule has 3 aromatic rings. The normalized spacial score (nSPS) is 10.9. The monoisotopic (exact) mass is 425 g/mol. The van der Waals surface area contributed by atoms with Gasteiger partial charge in [-0.25, -0.2) is 4.79 Å². The van der Waals surface area contributed by atoms with Gasteiger partial charge in [-0.3, -0.25) is 4.79 Å². The third kappa shape index (κ3) is 5.17. The second kappa shape index (κ2) is 9.55. The predicted octanol–water partition coefficient (Wildman–Crippen LogP) is 4.58. The summed E-state index contributed by atoms with van der Waals surface area (Å²) in [4.78, 5) is 25.2. The molecule has 2 heterocycles. The van der Waals surface area contributed by atoms with Gasteiger partial charge in [0.05, 0.1) is 31.6 Å². The molecule has 0 saturated carbocycles. The Kier molecular flexibility index (Phi) is 6.84. The van der Waals surface area contributed by atoms with Gasteiger partial charge in [0.1, 0.15) is 5.76 Å². The highest BCUT2D eigenvalue weighted by Gasteiger charge is 2.19. The van der Waals surface area contributed by atoms with Gasteiger partial charge in [0.25, 0.3) is 0 Å². The first-order valence-electron chi connectivity index (χ1n) is 10.0. The first kappa shape index (κ1) is 22.2. The number of hydrogen-bond acceptors (Lipinski definition) is 6. The molecule has 1 aromatic carbocycles. The van der Waals surface area contributed by atoms with Crippen LogP contribution in [-0.2, 0) is 11.3 Å². The van der Waals surface area contributed by atoms with Gasteiger partial charge >= 0.3 is 5.97 Å². The molecule has 0 aliphatic rings. The van der Waals surface area contributed by atoms with Gasteiger partial charge in [0, 0.05) is 17.0 Å². The van der Waals surface area contributed by atoms with Crippen LogP contribution in [0, 0.1) is 13.8 Å². The first-order valence-corrected chi connectivity index (χ1v) is 10.0. The lowest BCUT2D eigenvalue weighted by Gasteiger charge is -2.14. The van der Waals surface area contributed by atoms with Crippen LogP contribution in [0.25, 0.3) is 0 Å². The first-order chi connectivity index (χ1) is 14.8. The lowest BCUT2D eigenvalue weighted by molar-refractivity contribution is 0.0474. The number of carbonyl (C=O) groups excluding carboxylic acids is 2. The van der Waals surface area contributed by atoms with Crippen LogP contribution >= 0.6 is 0 Å². The number of nitrogens with zero attached hydrogens (tertiary/aromatic N) is 1. The van der Waals surface area contributed by atoms with Crippen molar-refractivity contribution in [3.8, 4) is 11.5 Å². The Morgan fingerprint density at radius 3 is 2.52 bits per heavy atom. The second-order valence-electron chi connectivity index (χ2n) is 7.48. The highest BCUT2D eigenvalue weighted by molar-refractivity contribution is 6.00. The van der Waals surface area contributed by atoms with Crippen LogP contribution < -0.4 is 9.47 Å². The Morgan fingerprint density at radius 1 is 1.10 bits per heavy atom. The summed E-state index contributed by atoms with van der Waals surface area (Å²) in [6, 6.07) is 10.3. The van der Waals surface area contributed by atoms with E-state index < -0.39 is 5.97 Å². The number of aromatic nitrogens is 1. The number of carbonyl (C=O) groups is 2. The quantitative estimate of drug-likeness (QED) is 0.369. The molecule has 0 unspecified atom stereocenters. The Bertz CT molecular complexity index is 1060. The Labute approximate surface area is 181 Å².